The summed E-state index contributed by atoms with van der Waals surface area (Å²) in [5, 5.41) is 1.19. The molecule has 2 aromatic rings. The molecule has 1 aromatic carbocycles. The summed E-state index contributed by atoms with van der Waals surface area (Å²) in [5.74, 6) is 2.50. The number of benzene rings is 1. The molecule has 3 heterocycles. The van der Waals surface area contributed by atoms with Gasteiger partial charge in [0.2, 0.25) is 0 Å². The highest BCUT2D eigenvalue weighted by Gasteiger charge is 2.36. The second kappa shape index (κ2) is 6.64. The fourth-order valence-corrected chi connectivity index (χ4v) is 4.56. The maximum atomic E-state index is 5.72. The predicted molar refractivity (Wildman–Crippen MR) is 97.5 cm³/mol. The average molecular weight is 325 g/mol. The van der Waals surface area contributed by atoms with Gasteiger partial charge in [-0.2, -0.15) is 0 Å². The highest BCUT2D eigenvalue weighted by molar-refractivity contribution is 5.82. The lowest BCUT2D eigenvalue weighted by Crippen LogP contribution is -2.50. The molecule has 128 valence electrons. The molecule has 0 saturated carbocycles. The minimum atomic E-state index is 0.641. The number of methoxy groups -OCH3 is 1. The Morgan fingerprint density at radius 2 is 2.21 bits per heavy atom. The summed E-state index contributed by atoms with van der Waals surface area (Å²) in [6.07, 6.45) is 11.9. The Morgan fingerprint density at radius 1 is 1.29 bits per heavy atom. The van der Waals surface area contributed by atoms with Gasteiger partial charge in [0.05, 0.1) is 13.4 Å². The summed E-state index contributed by atoms with van der Waals surface area (Å²) < 4.78 is 11.1. The first-order chi connectivity index (χ1) is 11.8. The van der Waals surface area contributed by atoms with E-state index in [9.17, 15) is 0 Å². The van der Waals surface area contributed by atoms with Crippen LogP contribution in [0, 0.1) is 11.8 Å². The third kappa shape index (κ3) is 2.86. The van der Waals surface area contributed by atoms with E-state index in [0.717, 1.165) is 36.1 Å². The van der Waals surface area contributed by atoms with Crippen molar-refractivity contribution in [3.63, 3.8) is 0 Å². The number of fused-ring (bicyclic) bond motifs is 3. The summed E-state index contributed by atoms with van der Waals surface area (Å²) >= 11 is 0. The van der Waals surface area contributed by atoms with Crippen molar-refractivity contribution in [1.29, 1.82) is 0 Å². The van der Waals surface area contributed by atoms with Gasteiger partial charge in [0, 0.05) is 24.5 Å². The number of furan rings is 1. The van der Waals surface area contributed by atoms with Crippen LogP contribution < -0.4 is 4.74 Å². The highest BCUT2D eigenvalue weighted by Crippen LogP contribution is 2.37. The molecule has 1 aliphatic carbocycles. The van der Waals surface area contributed by atoms with Crippen molar-refractivity contribution in [2.75, 3.05) is 20.2 Å². The Bertz CT molecular complexity index is 733. The van der Waals surface area contributed by atoms with Crippen LogP contribution in [0.2, 0.25) is 0 Å². The quantitative estimate of drug-likeness (QED) is 0.722. The van der Waals surface area contributed by atoms with E-state index in [1.54, 1.807) is 7.11 Å². The molecule has 3 unspecified atom stereocenters. The first kappa shape index (κ1) is 15.8. The zero-order valence-electron chi connectivity index (χ0n) is 14.7. The third-order valence-electron chi connectivity index (χ3n) is 5.75. The number of hydrogen-bond acceptors (Lipinski definition) is 3. The topological polar surface area (TPSA) is 25.6 Å². The van der Waals surface area contributed by atoms with Crippen LogP contribution in [0.3, 0.4) is 0 Å². The van der Waals surface area contributed by atoms with Crippen LogP contribution in [0.1, 0.15) is 31.7 Å². The molecular formula is C21H27NO2. The van der Waals surface area contributed by atoms with E-state index in [4.69, 9.17) is 9.15 Å². The van der Waals surface area contributed by atoms with Crippen LogP contribution in [0.15, 0.2) is 41.0 Å². The molecule has 1 fully saturated rings. The van der Waals surface area contributed by atoms with E-state index >= 15 is 0 Å². The van der Waals surface area contributed by atoms with E-state index in [1.165, 1.54) is 36.8 Å². The first-order valence-electron chi connectivity index (χ1n) is 9.25. The SMILES string of the molecule is CCCC1CC2C=CC1N(CCc1coc3ccc(OC)cc13)C2. The Balaban J connectivity index is 1.48. The molecule has 3 nitrogen and oxygen atoms in total. The molecule has 0 radical (unpaired) electrons. The lowest BCUT2D eigenvalue weighted by Gasteiger charge is -2.46. The molecule has 2 bridgehead atoms. The summed E-state index contributed by atoms with van der Waals surface area (Å²) in [4.78, 5) is 2.69. The zero-order chi connectivity index (χ0) is 16.5. The van der Waals surface area contributed by atoms with Crippen LogP contribution in [0.4, 0.5) is 0 Å². The van der Waals surface area contributed by atoms with Crippen molar-refractivity contribution < 1.29 is 9.15 Å². The van der Waals surface area contributed by atoms with Gasteiger partial charge < -0.3 is 9.15 Å². The summed E-state index contributed by atoms with van der Waals surface area (Å²) in [6.45, 7) is 4.64. The second-order valence-corrected chi connectivity index (χ2v) is 7.29. The predicted octanol–water partition coefficient (Wildman–Crippen LogP) is 4.66. The van der Waals surface area contributed by atoms with Crippen LogP contribution in [0.5, 0.6) is 5.75 Å². The molecule has 24 heavy (non-hydrogen) atoms. The van der Waals surface area contributed by atoms with Crippen molar-refractivity contribution in [3.8, 4) is 5.75 Å². The van der Waals surface area contributed by atoms with Crippen molar-refractivity contribution in [3.05, 3.63) is 42.2 Å². The van der Waals surface area contributed by atoms with E-state index in [-0.39, 0.29) is 0 Å². The highest BCUT2D eigenvalue weighted by atomic mass is 16.5. The van der Waals surface area contributed by atoms with Crippen molar-refractivity contribution in [2.45, 2.75) is 38.6 Å². The third-order valence-corrected chi connectivity index (χ3v) is 5.75. The lowest BCUT2D eigenvalue weighted by atomic mass is 9.75. The molecule has 0 amide bonds. The maximum absolute atomic E-state index is 5.72. The normalized spacial score (nSPS) is 26.3. The fourth-order valence-electron chi connectivity index (χ4n) is 4.56. The van der Waals surface area contributed by atoms with Gasteiger partial charge >= 0.3 is 0 Å². The van der Waals surface area contributed by atoms with Gasteiger partial charge in [-0.05, 0) is 54.9 Å². The van der Waals surface area contributed by atoms with Crippen molar-refractivity contribution in [1.82, 2.24) is 4.90 Å². The molecule has 5 rings (SSSR count). The van der Waals surface area contributed by atoms with Gasteiger partial charge in [0.25, 0.3) is 0 Å². The summed E-state index contributed by atoms with van der Waals surface area (Å²) in [7, 11) is 1.71. The molecule has 3 heteroatoms. The molecule has 3 aliphatic rings. The molecule has 1 aromatic heterocycles. The molecule has 0 spiro atoms. The molecule has 1 saturated heterocycles. The van der Waals surface area contributed by atoms with Gasteiger partial charge in [-0.1, -0.05) is 25.5 Å². The minimum Gasteiger partial charge on any atom is -0.497 e. The Morgan fingerprint density at radius 3 is 3.00 bits per heavy atom. The minimum absolute atomic E-state index is 0.641. The van der Waals surface area contributed by atoms with Gasteiger partial charge in [0.15, 0.2) is 0 Å². The van der Waals surface area contributed by atoms with Gasteiger partial charge in [-0.15, -0.1) is 0 Å². The summed E-state index contributed by atoms with van der Waals surface area (Å²) in [6, 6.07) is 6.69. The van der Waals surface area contributed by atoms with E-state index in [0.29, 0.717) is 6.04 Å². The van der Waals surface area contributed by atoms with E-state index in [1.807, 2.05) is 18.4 Å². The van der Waals surface area contributed by atoms with Crippen molar-refractivity contribution in [2.24, 2.45) is 11.8 Å². The number of ether oxygens (including phenoxy) is 1. The Labute approximate surface area is 144 Å². The first-order valence-corrected chi connectivity index (χ1v) is 9.25. The number of hydrogen-bond donors (Lipinski definition) is 0. The average Bonchev–Trinajstić information content (AvgIpc) is 3.03. The molecule has 0 N–H and O–H groups in total. The second-order valence-electron chi connectivity index (χ2n) is 7.29. The van der Waals surface area contributed by atoms with Crippen LogP contribution in [0.25, 0.3) is 11.0 Å². The number of rotatable bonds is 6. The Hall–Kier alpha value is -1.74. The monoisotopic (exact) mass is 325 g/mol. The van der Waals surface area contributed by atoms with Crippen LogP contribution in [-0.4, -0.2) is 31.1 Å². The smallest absolute Gasteiger partial charge is 0.134 e. The molecular weight excluding hydrogens is 298 g/mol. The van der Waals surface area contributed by atoms with Crippen molar-refractivity contribution >= 4 is 11.0 Å². The number of piperidine rings is 1. The summed E-state index contributed by atoms with van der Waals surface area (Å²) in [5.41, 5.74) is 2.25. The maximum Gasteiger partial charge on any atom is 0.134 e. The lowest BCUT2D eigenvalue weighted by molar-refractivity contribution is 0.0797. The van der Waals surface area contributed by atoms with Gasteiger partial charge in [-0.25, -0.2) is 0 Å². The zero-order valence-corrected chi connectivity index (χ0v) is 14.7. The fraction of sp³-hybridized carbons (Fsp3) is 0.524. The Kier molecular flexibility index (Phi) is 4.36. The van der Waals surface area contributed by atoms with E-state index in [2.05, 4.69) is 30.0 Å². The van der Waals surface area contributed by atoms with Gasteiger partial charge in [-0.3, -0.25) is 4.90 Å². The van der Waals surface area contributed by atoms with Gasteiger partial charge in [0.1, 0.15) is 11.3 Å². The molecule has 2 aliphatic heterocycles. The van der Waals surface area contributed by atoms with Crippen LogP contribution in [-0.2, 0) is 6.42 Å². The standard InChI is InChI=1S/C21H27NO2/c1-3-4-16-11-15-5-7-20(16)22(13-15)10-9-17-14-24-21-8-6-18(23-2)12-19(17)21/h5-8,12,14-16,20H,3-4,9-11,13H2,1-2H3. The molecule has 3 atom stereocenters. The van der Waals surface area contributed by atoms with Crippen LogP contribution >= 0.6 is 0 Å². The largest absolute Gasteiger partial charge is 0.497 e. The number of nitrogens with zero attached hydrogens (tertiary/aromatic N) is 1. The van der Waals surface area contributed by atoms with E-state index < -0.39 is 0 Å².